The number of nitrogens with one attached hydrogen (secondary N) is 1. The van der Waals surface area contributed by atoms with Gasteiger partial charge >= 0.3 is 12.0 Å². The molecule has 1 saturated heterocycles. The van der Waals surface area contributed by atoms with Crippen molar-refractivity contribution in [2.75, 3.05) is 25.4 Å². The van der Waals surface area contributed by atoms with E-state index in [-0.39, 0.29) is 19.0 Å². The van der Waals surface area contributed by atoms with E-state index in [2.05, 4.69) is 12.2 Å². The largest absolute Gasteiger partial charge is 0.481 e. The molecule has 16 heavy (non-hydrogen) atoms. The molecule has 1 heterocycles. The van der Waals surface area contributed by atoms with Crippen LogP contribution in [0.2, 0.25) is 0 Å². The second-order valence-electron chi connectivity index (χ2n) is 3.83. The Balaban J connectivity index is 2.27. The lowest BCUT2D eigenvalue weighted by Gasteiger charge is -2.20. The number of carboxylic acid groups (broad SMARTS) is 1. The minimum Gasteiger partial charge on any atom is -0.481 e. The van der Waals surface area contributed by atoms with Crippen molar-refractivity contribution >= 4 is 23.8 Å². The summed E-state index contributed by atoms with van der Waals surface area (Å²) in [4.78, 5) is 23.7. The first-order chi connectivity index (χ1) is 7.59. The quantitative estimate of drug-likeness (QED) is 0.779. The zero-order valence-electron chi connectivity index (χ0n) is 9.44. The maximum absolute atomic E-state index is 11.7. The minimum absolute atomic E-state index is 0.0231. The third-order valence-corrected chi connectivity index (χ3v) is 3.69. The molecule has 1 rings (SSSR count). The topological polar surface area (TPSA) is 69.6 Å². The van der Waals surface area contributed by atoms with Crippen LogP contribution in [0.1, 0.15) is 19.8 Å². The van der Waals surface area contributed by atoms with Crippen LogP contribution in [0.5, 0.6) is 0 Å². The highest BCUT2D eigenvalue weighted by Crippen LogP contribution is 2.18. The van der Waals surface area contributed by atoms with Gasteiger partial charge in [0.25, 0.3) is 0 Å². The molecule has 0 bridgehead atoms. The molecule has 1 atom stereocenters. The van der Waals surface area contributed by atoms with E-state index < -0.39 is 5.97 Å². The number of aliphatic carboxylic acids is 1. The van der Waals surface area contributed by atoms with Gasteiger partial charge in [0.2, 0.25) is 0 Å². The average molecular weight is 246 g/mol. The van der Waals surface area contributed by atoms with Crippen LogP contribution >= 0.6 is 11.8 Å². The third-order valence-electron chi connectivity index (χ3n) is 2.47. The standard InChI is InChI=1S/C10H18N2O3S/c1-8-3-5-12(6-7-16-8)10(15)11-4-2-9(13)14/h8H,2-7H2,1H3,(H,11,15)(H,13,14). The van der Waals surface area contributed by atoms with Crippen LogP contribution in [-0.4, -0.2) is 52.6 Å². The Bertz CT molecular complexity index is 260. The van der Waals surface area contributed by atoms with E-state index in [0.717, 1.165) is 25.3 Å². The molecular weight excluding hydrogens is 228 g/mol. The molecular formula is C10H18N2O3S. The van der Waals surface area contributed by atoms with E-state index in [9.17, 15) is 9.59 Å². The number of carbonyl (C=O) groups is 2. The van der Waals surface area contributed by atoms with Crippen molar-refractivity contribution in [3.05, 3.63) is 0 Å². The normalized spacial score (nSPS) is 21.3. The lowest BCUT2D eigenvalue weighted by molar-refractivity contribution is -0.136. The van der Waals surface area contributed by atoms with Gasteiger partial charge in [0.15, 0.2) is 0 Å². The molecule has 0 radical (unpaired) electrons. The summed E-state index contributed by atoms with van der Waals surface area (Å²) in [5, 5.41) is 11.7. The Morgan fingerprint density at radius 1 is 1.50 bits per heavy atom. The van der Waals surface area contributed by atoms with Crippen molar-refractivity contribution in [2.24, 2.45) is 0 Å². The number of hydrogen-bond donors (Lipinski definition) is 2. The third kappa shape index (κ3) is 4.74. The lowest BCUT2D eigenvalue weighted by Crippen LogP contribution is -2.41. The molecule has 1 aliphatic heterocycles. The molecule has 1 fully saturated rings. The maximum Gasteiger partial charge on any atom is 0.317 e. The molecule has 1 unspecified atom stereocenters. The minimum atomic E-state index is -0.889. The van der Waals surface area contributed by atoms with E-state index in [1.54, 1.807) is 4.90 Å². The van der Waals surface area contributed by atoms with E-state index in [0.29, 0.717) is 5.25 Å². The van der Waals surface area contributed by atoms with Crippen molar-refractivity contribution in [3.8, 4) is 0 Å². The van der Waals surface area contributed by atoms with Gasteiger partial charge in [-0.05, 0) is 6.42 Å². The molecule has 1 aliphatic rings. The summed E-state index contributed by atoms with van der Waals surface area (Å²) in [7, 11) is 0. The smallest absolute Gasteiger partial charge is 0.317 e. The first kappa shape index (κ1) is 13.2. The number of carboxylic acids is 1. The number of amides is 2. The second kappa shape index (κ2) is 6.62. The van der Waals surface area contributed by atoms with Gasteiger partial charge < -0.3 is 15.3 Å². The number of rotatable bonds is 3. The Morgan fingerprint density at radius 2 is 2.25 bits per heavy atom. The van der Waals surface area contributed by atoms with Crippen molar-refractivity contribution in [1.29, 1.82) is 0 Å². The van der Waals surface area contributed by atoms with Gasteiger partial charge in [-0.15, -0.1) is 0 Å². The van der Waals surface area contributed by atoms with E-state index in [1.807, 2.05) is 11.8 Å². The average Bonchev–Trinajstić information content (AvgIpc) is 2.42. The Labute approximate surface area is 99.6 Å². The summed E-state index contributed by atoms with van der Waals surface area (Å²) in [6, 6.07) is -0.143. The van der Waals surface area contributed by atoms with Crippen LogP contribution in [0.15, 0.2) is 0 Å². The fourth-order valence-electron chi connectivity index (χ4n) is 1.49. The van der Waals surface area contributed by atoms with Gasteiger partial charge in [0.05, 0.1) is 6.42 Å². The van der Waals surface area contributed by atoms with Crippen LogP contribution in [0, 0.1) is 0 Å². The molecule has 0 spiro atoms. The van der Waals surface area contributed by atoms with Crippen molar-refractivity contribution < 1.29 is 14.7 Å². The second-order valence-corrected chi connectivity index (χ2v) is 5.38. The van der Waals surface area contributed by atoms with Crippen LogP contribution in [0.4, 0.5) is 4.79 Å². The highest BCUT2D eigenvalue weighted by Gasteiger charge is 2.18. The Morgan fingerprint density at radius 3 is 2.94 bits per heavy atom. The summed E-state index contributed by atoms with van der Waals surface area (Å²) in [5.74, 6) is 0.0633. The predicted molar refractivity (Wildman–Crippen MR) is 63.8 cm³/mol. The first-order valence-corrected chi connectivity index (χ1v) is 6.50. The number of nitrogens with zero attached hydrogens (tertiary/aromatic N) is 1. The van der Waals surface area contributed by atoms with Gasteiger partial charge in [-0.1, -0.05) is 6.92 Å². The van der Waals surface area contributed by atoms with Crippen LogP contribution in [0.3, 0.4) is 0 Å². The molecule has 0 aliphatic carbocycles. The summed E-state index contributed by atoms with van der Waals surface area (Å²) >= 11 is 1.87. The maximum atomic E-state index is 11.7. The SMILES string of the molecule is CC1CCN(C(=O)NCCC(=O)O)CCS1. The molecule has 0 aromatic rings. The number of carbonyl (C=O) groups excluding carboxylic acids is 1. The lowest BCUT2D eigenvalue weighted by atomic mass is 10.3. The Kier molecular flexibility index (Phi) is 5.45. The van der Waals surface area contributed by atoms with Crippen molar-refractivity contribution in [3.63, 3.8) is 0 Å². The van der Waals surface area contributed by atoms with E-state index >= 15 is 0 Å². The Hall–Kier alpha value is -0.910. The molecule has 6 heteroatoms. The van der Waals surface area contributed by atoms with Crippen molar-refractivity contribution in [2.45, 2.75) is 25.0 Å². The molecule has 2 amide bonds. The van der Waals surface area contributed by atoms with Gasteiger partial charge in [-0.25, -0.2) is 4.79 Å². The van der Waals surface area contributed by atoms with E-state index in [4.69, 9.17) is 5.11 Å². The van der Waals surface area contributed by atoms with Crippen molar-refractivity contribution in [1.82, 2.24) is 10.2 Å². The van der Waals surface area contributed by atoms with Gasteiger partial charge in [0, 0.05) is 30.6 Å². The fraction of sp³-hybridized carbons (Fsp3) is 0.800. The molecule has 0 aromatic carbocycles. The molecule has 2 N–H and O–H groups in total. The van der Waals surface area contributed by atoms with Crippen LogP contribution < -0.4 is 5.32 Å². The zero-order valence-corrected chi connectivity index (χ0v) is 10.3. The van der Waals surface area contributed by atoms with Gasteiger partial charge in [0.1, 0.15) is 0 Å². The first-order valence-electron chi connectivity index (χ1n) is 5.46. The molecule has 92 valence electrons. The van der Waals surface area contributed by atoms with Gasteiger partial charge in [-0.2, -0.15) is 11.8 Å². The molecule has 0 aromatic heterocycles. The summed E-state index contributed by atoms with van der Waals surface area (Å²) in [5.41, 5.74) is 0. The summed E-state index contributed by atoms with van der Waals surface area (Å²) in [6.07, 6.45) is 0.974. The highest BCUT2D eigenvalue weighted by molar-refractivity contribution is 7.99. The number of urea groups is 1. The van der Waals surface area contributed by atoms with Crippen LogP contribution in [-0.2, 0) is 4.79 Å². The monoisotopic (exact) mass is 246 g/mol. The summed E-state index contributed by atoms with van der Waals surface area (Å²) < 4.78 is 0. The fourth-order valence-corrected chi connectivity index (χ4v) is 2.49. The van der Waals surface area contributed by atoms with Gasteiger partial charge in [-0.3, -0.25) is 4.79 Å². The zero-order chi connectivity index (χ0) is 12.0. The molecule has 0 saturated carbocycles. The number of thioether (sulfide) groups is 1. The molecule has 5 nitrogen and oxygen atoms in total. The summed E-state index contributed by atoms with van der Waals surface area (Å²) in [6.45, 7) is 3.87. The van der Waals surface area contributed by atoms with Crippen LogP contribution in [0.25, 0.3) is 0 Å². The highest BCUT2D eigenvalue weighted by atomic mass is 32.2. The predicted octanol–water partition coefficient (Wildman–Crippen LogP) is 0.998. The number of hydrogen-bond acceptors (Lipinski definition) is 3. The van der Waals surface area contributed by atoms with E-state index in [1.165, 1.54) is 0 Å².